The fraction of sp³-hybridized carbons (Fsp3) is 0.577. The van der Waals surface area contributed by atoms with Crippen LogP contribution in [0.5, 0.6) is 0 Å². The minimum Gasteiger partial charge on any atom is -0.392 e. The number of nitrogens with zero attached hydrogens (tertiary/aromatic N) is 3. The predicted molar refractivity (Wildman–Crippen MR) is 124 cm³/mol. The van der Waals surface area contributed by atoms with Gasteiger partial charge in [-0.2, -0.15) is 10.2 Å². The molecule has 6 nitrogen and oxygen atoms in total. The summed E-state index contributed by atoms with van der Waals surface area (Å²) in [6.07, 6.45) is 3.24. The van der Waals surface area contributed by atoms with Crippen LogP contribution in [0.3, 0.4) is 0 Å². The van der Waals surface area contributed by atoms with Crippen molar-refractivity contribution in [1.29, 1.82) is 0 Å². The first-order chi connectivity index (χ1) is 16.2. The number of benzene rings is 1. The molecule has 4 atom stereocenters. The van der Waals surface area contributed by atoms with Gasteiger partial charge in [0.2, 0.25) is 0 Å². The Kier molecular flexibility index (Phi) is 5.62. The molecule has 2 heterocycles. The second-order valence-electron chi connectivity index (χ2n) is 10.7. The van der Waals surface area contributed by atoms with Gasteiger partial charge in [0, 0.05) is 25.0 Å². The van der Waals surface area contributed by atoms with E-state index in [1.165, 1.54) is 18.2 Å². The van der Waals surface area contributed by atoms with Crippen LogP contribution in [0.1, 0.15) is 63.6 Å². The number of likely N-dealkylation sites (tertiary alicyclic amines) is 1. The smallest absolute Gasteiger partial charge is 0.317 e. The fourth-order valence-corrected chi connectivity index (χ4v) is 7.05. The van der Waals surface area contributed by atoms with Crippen molar-refractivity contribution in [2.24, 2.45) is 11.3 Å². The van der Waals surface area contributed by atoms with Gasteiger partial charge in [0.05, 0.1) is 23.1 Å². The number of aromatic nitrogens is 2. The summed E-state index contributed by atoms with van der Waals surface area (Å²) in [6.45, 7) is 7.71. The largest absolute Gasteiger partial charge is 0.392 e. The van der Waals surface area contributed by atoms with E-state index in [4.69, 9.17) is 0 Å². The Morgan fingerprint density at radius 2 is 2.00 bits per heavy atom. The molecular weight excluding hydrogens is 438 g/mol. The van der Waals surface area contributed by atoms with Crippen molar-refractivity contribution >= 4 is 6.03 Å². The summed E-state index contributed by atoms with van der Waals surface area (Å²) in [5.74, 6) is -0.841. The molecule has 0 radical (unpaired) electrons. The van der Waals surface area contributed by atoms with E-state index >= 15 is 0 Å². The van der Waals surface area contributed by atoms with Crippen LogP contribution in [0.25, 0.3) is 11.3 Å². The van der Waals surface area contributed by atoms with Crippen LogP contribution in [0, 0.1) is 23.0 Å². The Labute approximate surface area is 198 Å². The number of carbonyl (C=O) groups is 1. The van der Waals surface area contributed by atoms with E-state index < -0.39 is 17.7 Å². The number of rotatable bonds is 4. The second-order valence-corrected chi connectivity index (χ2v) is 10.7. The van der Waals surface area contributed by atoms with Crippen molar-refractivity contribution < 1.29 is 18.7 Å². The molecule has 2 unspecified atom stereocenters. The van der Waals surface area contributed by atoms with E-state index in [0.717, 1.165) is 36.9 Å². The van der Waals surface area contributed by atoms with Crippen LogP contribution < -0.4 is 5.32 Å². The van der Waals surface area contributed by atoms with E-state index in [1.807, 2.05) is 11.0 Å². The van der Waals surface area contributed by atoms with Crippen LogP contribution in [-0.4, -0.2) is 52.0 Å². The van der Waals surface area contributed by atoms with Crippen LogP contribution in [-0.2, 0) is 5.41 Å². The number of fused-ring (bicyclic) bond motifs is 5. The standard InChI is InChI=1S/C26H32F2N4O2/c1-15(33)13-29-24(34)32-11-5-6-16(14-32)26-10-9-18(25(26,2)3)17-12-21(30-31-23(17)26)22-19(27)7-4-8-20(22)28/h4,7-8,12,15-16,18,33H,5-6,9-11,13-14H2,1-3H3,(H,29,34)/t15?,16?,18-,26-/m0/s1. The van der Waals surface area contributed by atoms with Crippen molar-refractivity contribution in [3.8, 4) is 11.3 Å². The number of carbonyl (C=O) groups excluding carboxylic acids is 1. The molecule has 182 valence electrons. The van der Waals surface area contributed by atoms with E-state index in [2.05, 4.69) is 29.4 Å². The van der Waals surface area contributed by atoms with E-state index in [9.17, 15) is 18.7 Å². The first-order valence-electron chi connectivity index (χ1n) is 12.2. The Hall–Kier alpha value is -2.61. The monoisotopic (exact) mass is 470 g/mol. The highest BCUT2D eigenvalue weighted by Crippen LogP contribution is 2.70. The Morgan fingerprint density at radius 3 is 2.71 bits per heavy atom. The first kappa shape index (κ1) is 23.1. The zero-order valence-corrected chi connectivity index (χ0v) is 19.9. The molecule has 1 saturated carbocycles. The highest BCUT2D eigenvalue weighted by Gasteiger charge is 2.66. The maximum absolute atomic E-state index is 14.5. The SMILES string of the molecule is CC(O)CNC(=O)N1CCCC([C@@]23CC[C@@H](c4cc(-c5c(F)cccc5F)nnc42)C3(C)C)C1. The lowest BCUT2D eigenvalue weighted by atomic mass is 9.59. The average molecular weight is 471 g/mol. The number of amides is 2. The lowest BCUT2D eigenvalue weighted by Crippen LogP contribution is -2.53. The topological polar surface area (TPSA) is 78.4 Å². The van der Waals surface area contributed by atoms with Crippen molar-refractivity contribution in [3.05, 3.63) is 47.2 Å². The number of piperidine rings is 1. The maximum Gasteiger partial charge on any atom is 0.317 e. The predicted octanol–water partition coefficient (Wildman–Crippen LogP) is 4.38. The van der Waals surface area contributed by atoms with E-state index in [1.54, 1.807) is 6.92 Å². The van der Waals surface area contributed by atoms with Gasteiger partial charge in [-0.15, -0.1) is 0 Å². The van der Waals surface area contributed by atoms with Crippen molar-refractivity contribution in [2.75, 3.05) is 19.6 Å². The summed E-state index contributed by atoms with van der Waals surface area (Å²) < 4.78 is 28.9. The van der Waals surface area contributed by atoms with Crippen molar-refractivity contribution in [3.63, 3.8) is 0 Å². The number of hydrogen-bond donors (Lipinski definition) is 2. The van der Waals surface area contributed by atoms with Crippen LogP contribution in [0.2, 0.25) is 0 Å². The summed E-state index contributed by atoms with van der Waals surface area (Å²) in [4.78, 5) is 14.6. The molecule has 1 aromatic carbocycles. The molecular formula is C26H32F2N4O2. The van der Waals surface area contributed by atoms with Crippen molar-refractivity contribution in [2.45, 2.75) is 63.9 Å². The quantitative estimate of drug-likeness (QED) is 0.695. The van der Waals surface area contributed by atoms with Gasteiger partial charge in [0.1, 0.15) is 11.6 Å². The highest BCUT2D eigenvalue weighted by molar-refractivity contribution is 5.74. The molecule has 2 aromatic rings. The third kappa shape index (κ3) is 3.33. The Bertz CT molecular complexity index is 1100. The molecule has 1 aliphatic heterocycles. The first-order valence-corrected chi connectivity index (χ1v) is 12.2. The van der Waals surface area contributed by atoms with Gasteiger partial charge < -0.3 is 15.3 Å². The number of aliphatic hydroxyl groups excluding tert-OH is 1. The van der Waals surface area contributed by atoms with Gasteiger partial charge in [-0.05, 0) is 73.6 Å². The fourth-order valence-electron chi connectivity index (χ4n) is 7.05. The average Bonchev–Trinajstić information content (AvgIpc) is 3.18. The molecule has 0 spiro atoms. The van der Waals surface area contributed by atoms with Crippen LogP contribution in [0.15, 0.2) is 24.3 Å². The third-order valence-corrected chi connectivity index (χ3v) is 8.64. The van der Waals surface area contributed by atoms with Gasteiger partial charge in [-0.1, -0.05) is 19.9 Å². The second kappa shape index (κ2) is 8.26. The summed E-state index contributed by atoms with van der Waals surface area (Å²) in [5.41, 5.74) is 1.72. The summed E-state index contributed by atoms with van der Waals surface area (Å²) in [6, 6.07) is 5.52. The molecule has 2 N–H and O–H groups in total. The zero-order chi connectivity index (χ0) is 24.3. The van der Waals surface area contributed by atoms with Crippen LogP contribution >= 0.6 is 0 Å². The lowest BCUT2D eigenvalue weighted by Gasteiger charge is -2.48. The van der Waals surface area contributed by atoms with Crippen molar-refractivity contribution in [1.82, 2.24) is 20.4 Å². The molecule has 2 aliphatic carbocycles. The molecule has 2 fully saturated rings. The molecule has 1 saturated heterocycles. The van der Waals surface area contributed by atoms with Gasteiger partial charge >= 0.3 is 6.03 Å². The minimum atomic E-state index is -0.641. The normalized spacial score (nSPS) is 28.0. The zero-order valence-electron chi connectivity index (χ0n) is 19.9. The molecule has 8 heteroatoms. The Balaban J connectivity index is 1.50. The number of nitrogens with one attached hydrogen (secondary N) is 1. The molecule has 3 aliphatic rings. The number of urea groups is 1. The van der Waals surface area contributed by atoms with Gasteiger partial charge in [0.15, 0.2) is 0 Å². The summed E-state index contributed by atoms with van der Waals surface area (Å²) in [5, 5.41) is 21.3. The number of aliphatic hydroxyl groups is 1. The molecule has 5 rings (SSSR count). The van der Waals surface area contributed by atoms with Gasteiger partial charge in [-0.3, -0.25) is 0 Å². The molecule has 2 amide bonds. The van der Waals surface area contributed by atoms with Gasteiger partial charge in [-0.25, -0.2) is 13.6 Å². The van der Waals surface area contributed by atoms with E-state index in [-0.39, 0.29) is 46.5 Å². The van der Waals surface area contributed by atoms with E-state index in [0.29, 0.717) is 13.1 Å². The van der Waals surface area contributed by atoms with Crippen LogP contribution in [0.4, 0.5) is 13.6 Å². The Morgan fingerprint density at radius 1 is 1.26 bits per heavy atom. The number of halogens is 2. The summed E-state index contributed by atoms with van der Waals surface area (Å²) in [7, 11) is 0. The molecule has 2 bridgehead atoms. The highest BCUT2D eigenvalue weighted by atomic mass is 19.1. The third-order valence-electron chi connectivity index (χ3n) is 8.64. The molecule has 34 heavy (non-hydrogen) atoms. The minimum absolute atomic E-state index is 0.111. The lowest BCUT2D eigenvalue weighted by molar-refractivity contribution is 0.0669. The maximum atomic E-state index is 14.5. The number of hydrogen-bond acceptors (Lipinski definition) is 4. The summed E-state index contributed by atoms with van der Waals surface area (Å²) >= 11 is 0. The molecule has 1 aromatic heterocycles. The van der Waals surface area contributed by atoms with Gasteiger partial charge in [0.25, 0.3) is 0 Å².